The van der Waals surface area contributed by atoms with E-state index >= 15 is 0 Å². The molecule has 0 amide bonds. The zero-order chi connectivity index (χ0) is 19.1. The van der Waals surface area contributed by atoms with E-state index in [9.17, 15) is 30.7 Å². The summed E-state index contributed by atoms with van der Waals surface area (Å²) in [5, 5.41) is 0. The van der Waals surface area contributed by atoms with E-state index in [4.69, 9.17) is 0 Å². The predicted molar refractivity (Wildman–Crippen MR) is 81.9 cm³/mol. The monoisotopic (exact) mass is 394 g/mol. The molecule has 0 aromatic carbocycles. The number of hydrogen-bond donors (Lipinski definition) is 0. The number of fused-ring (bicyclic) bond motifs is 16. The average molecular weight is 394 g/mol. The molecule has 0 saturated heterocycles. The first-order chi connectivity index (χ1) is 12.5. The lowest BCUT2D eigenvalue weighted by molar-refractivity contribution is -0.370. The van der Waals surface area contributed by atoms with Crippen molar-refractivity contribution in [2.24, 2.45) is 65.1 Å². The third-order valence-corrected chi connectivity index (χ3v) is 9.48. The van der Waals surface area contributed by atoms with Gasteiger partial charge in [0.1, 0.15) is 0 Å². The Balaban J connectivity index is 1.33. The summed E-state index contributed by atoms with van der Waals surface area (Å²) in [5.41, 5.74) is 0. The van der Waals surface area contributed by atoms with Crippen LogP contribution in [0.1, 0.15) is 25.7 Å². The van der Waals surface area contributed by atoms with Gasteiger partial charge < -0.3 is 0 Å². The molecule has 0 aromatic heterocycles. The van der Waals surface area contributed by atoms with Crippen LogP contribution in [0.2, 0.25) is 0 Å². The second kappa shape index (κ2) is 4.69. The molecule has 0 heterocycles. The third kappa shape index (κ3) is 1.75. The van der Waals surface area contributed by atoms with E-state index in [1.54, 1.807) is 0 Å². The minimum atomic E-state index is -6.22. The first-order valence-electron chi connectivity index (χ1n) is 10.0. The Morgan fingerprint density at radius 1 is 0.593 bits per heavy atom. The van der Waals surface area contributed by atoms with Crippen LogP contribution in [-0.2, 0) is 0 Å². The van der Waals surface area contributed by atoms with Gasteiger partial charge in [0, 0.05) is 5.92 Å². The molecule has 6 aliphatic rings. The molecule has 5 saturated carbocycles. The lowest BCUT2D eigenvalue weighted by atomic mass is 9.58. The zero-order valence-electron chi connectivity index (χ0n) is 14.5. The van der Waals surface area contributed by atoms with Gasteiger partial charge in [-0.3, -0.25) is 0 Å². The first-order valence-corrected chi connectivity index (χ1v) is 10.0. The van der Waals surface area contributed by atoms with Gasteiger partial charge >= 0.3 is 18.0 Å². The predicted octanol–water partition coefficient (Wildman–Crippen LogP) is 5.80. The summed E-state index contributed by atoms with van der Waals surface area (Å²) in [6, 6.07) is 0. The van der Waals surface area contributed by atoms with E-state index in [1.807, 2.05) is 0 Å². The molecule has 7 heteroatoms. The van der Waals surface area contributed by atoms with E-state index in [0.717, 1.165) is 12.8 Å². The van der Waals surface area contributed by atoms with Gasteiger partial charge in [-0.15, -0.1) is 0 Å². The lowest BCUT2D eigenvalue weighted by Gasteiger charge is -2.47. The SMILES string of the molecule is FC(F)(F)C(F)(F)C(F)(F)C1CC2CC1C1C3CC(C4C5C=CC(C5)C34)C21. The molecule has 11 unspecified atom stereocenters. The van der Waals surface area contributed by atoms with Crippen LogP contribution in [0.25, 0.3) is 0 Å². The van der Waals surface area contributed by atoms with E-state index in [2.05, 4.69) is 12.2 Å². The van der Waals surface area contributed by atoms with Crippen molar-refractivity contribution in [2.75, 3.05) is 0 Å². The fourth-order valence-corrected chi connectivity index (χ4v) is 9.09. The van der Waals surface area contributed by atoms with Gasteiger partial charge in [-0.05, 0) is 84.9 Å². The fourth-order valence-electron chi connectivity index (χ4n) is 9.09. The summed E-state index contributed by atoms with van der Waals surface area (Å²) >= 11 is 0. The fraction of sp³-hybridized carbons (Fsp3) is 0.900. The standard InChI is InChI=1S/C20H21F7/c21-18(22,19(23,24)20(25,26)27)13-5-9-4-10(13)17-12-6-11(16(9)17)14-7-1-2-8(3-7)15(12)14/h1-2,7-17H,3-6H2. The second-order valence-corrected chi connectivity index (χ2v) is 10.0. The minimum Gasteiger partial charge on any atom is -0.199 e. The van der Waals surface area contributed by atoms with Gasteiger partial charge in [-0.25, -0.2) is 0 Å². The first kappa shape index (κ1) is 17.1. The van der Waals surface area contributed by atoms with E-state index in [-0.39, 0.29) is 30.1 Å². The highest BCUT2D eigenvalue weighted by Gasteiger charge is 2.80. The van der Waals surface area contributed by atoms with E-state index in [1.165, 1.54) is 0 Å². The van der Waals surface area contributed by atoms with Crippen molar-refractivity contribution >= 4 is 0 Å². The Bertz CT molecular complexity index is 710. The molecule has 11 atom stereocenters. The van der Waals surface area contributed by atoms with Crippen molar-refractivity contribution in [3.63, 3.8) is 0 Å². The molecule has 6 aliphatic carbocycles. The number of rotatable bonds is 2. The van der Waals surface area contributed by atoms with Crippen LogP contribution >= 0.6 is 0 Å². The maximum atomic E-state index is 14.5. The van der Waals surface area contributed by atoms with Crippen LogP contribution < -0.4 is 0 Å². The minimum absolute atomic E-state index is 0.0670. The Kier molecular flexibility index (Phi) is 2.98. The highest BCUT2D eigenvalue weighted by Crippen LogP contribution is 2.77. The van der Waals surface area contributed by atoms with Crippen LogP contribution in [-0.4, -0.2) is 18.0 Å². The van der Waals surface area contributed by atoms with Gasteiger partial charge in [0.25, 0.3) is 0 Å². The topological polar surface area (TPSA) is 0 Å². The molecule has 150 valence electrons. The average Bonchev–Trinajstić information content (AvgIpc) is 3.38. The number of halogens is 7. The zero-order valence-corrected chi connectivity index (χ0v) is 14.5. The van der Waals surface area contributed by atoms with Crippen molar-refractivity contribution < 1.29 is 30.7 Å². The van der Waals surface area contributed by atoms with Gasteiger partial charge in [0.05, 0.1) is 0 Å². The second-order valence-electron chi connectivity index (χ2n) is 10.0. The molecule has 27 heavy (non-hydrogen) atoms. The van der Waals surface area contributed by atoms with Gasteiger partial charge in [-0.1, -0.05) is 12.2 Å². The summed E-state index contributed by atoms with van der Waals surface area (Å²) in [4.78, 5) is 0. The van der Waals surface area contributed by atoms with Crippen molar-refractivity contribution in [3.05, 3.63) is 12.2 Å². The summed E-state index contributed by atoms with van der Waals surface area (Å²) < 4.78 is 94.4. The molecule has 0 nitrogen and oxygen atoms in total. The van der Waals surface area contributed by atoms with Gasteiger partial charge in [0.15, 0.2) is 0 Å². The van der Waals surface area contributed by atoms with Gasteiger partial charge in [0.2, 0.25) is 0 Å². The summed E-state index contributed by atoms with van der Waals surface area (Å²) in [5.74, 6) is -10.6. The highest BCUT2D eigenvalue weighted by atomic mass is 19.4. The summed E-state index contributed by atoms with van der Waals surface area (Å²) in [6.45, 7) is 0. The van der Waals surface area contributed by atoms with Crippen LogP contribution in [0, 0.1) is 65.1 Å². The van der Waals surface area contributed by atoms with Crippen LogP contribution in [0.3, 0.4) is 0 Å². The molecule has 0 spiro atoms. The van der Waals surface area contributed by atoms with E-state index < -0.39 is 29.9 Å². The maximum absolute atomic E-state index is 14.5. The number of allylic oxidation sites excluding steroid dienone is 2. The number of alkyl halides is 7. The molecule has 0 aliphatic heterocycles. The molecular weight excluding hydrogens is 373 g/mol. The third-order valence-electron chi connectivity index (χ3n) is 9.48. The van der Waals surface area contributed by atoms with Crippen LogP contribution in [0.15, 0.2) is 12.2 Å². The summed E-state index contributed by atoms with van der Waals surface area (Å²) in [6.07, 6.45) is 0.623. The van der Waals surface area contributed by atoms with Crippen molar-refractivity contribution in [1.29, 1.82) is 0 Å². The van der Waals surface area contributed by atoms with Crippen LogP contribution in [0.5, 0.6) is 0 Å². The van der Waals surface area contributed by atoms with Crippen molar-refractivity contribution in [3.8, 4) is 0 Å². The quantitative estimate of drug-likeness (QED) is 0.316. The van der Waals surface area contributed by atoms with Crippen LogP contribution in [0.4, 0.5) is 30.7 Å². The lowest BCUT2D eigenvalue weighted by Crippen LogP contribution is -2.58. The maximum Gasteiger partial charge on any atom is 0.459 e. The largest absolute Gasteiger partial charge is 0.459 e. The Morgan fingerprint density at radius 3 is 1.78 bits per heavy atom. The normalized spacial score (nSPS) is 54.9. The van der Waals surface area contributed by atoms with Gasteiger partial charge in [-0.2, -0.15) is 30.7 Å². The molecule has 0 aromatic rings. The molecular formula is C20H21F7. The van der Waals surface area contributed by atoms with Crippen molar-refractivity contribution in [2.45, 2.75) is 43.7 Å². The molecule has 0 N–H and O–H groups in total. The molecule has 0 radical (unpaired) electrons. The molecule has 6 bridgehead atoms. The Morgan fingerprint density at radius 2 is 1.19 bits per heavy atom. The Hall–Kier alpha value is -0.750. The van der Waals surface area contributed by atoms with Crippen molar-refractivity contribution in [1.82, 2.24) is 0 Å². The smallest absolute Gasteiger partial charge is 0.199 e. The van der Waals surface area contributed by atoms with E-state index in [0.29, 0.717) is 36.0 Å². The molecule has 5 fully saturated rings. The number of hydrogen-bond acceptors (Lipinski definition) is 0. The molecule has 6 rings (SSSR count). The summed E-state index contributed by atoms with van der Waals surface area (Å²) in [7, 11) is 0. The Labute approximate surface area is 152 Å². The highest BCUT2D eigenvalue weighted by molar-refractivity contribution is 5.25.